The highest BCUT2D eigenvalue weighted by molar-refractivity contribution is 5.89. The van der Waals surface area contributed by atoms with Crippen LogP contribution in [0.15, 0.2) is 42.5 Å². The molecule has 0 bridgehead atoms. The van der Waals surface area contributed by atoms with Crippen LogP contribution in [-0.4, -0.2) is 53.7 Å². The summed E-state index contributed by atoms with van der Waals surface area (Å²) < 4.78 is 18.7. The van der Waals surface area contributed by atoms with Crippen molar-refractivity contribution in [2.24, 2.45) is 35.0 Å². The zero-order chi connectivity index (χ0) is 26.3. The molecule has 1 aromatic rings. The second-order valence-electron chi connectivity index (χ2n) is 12.1. The number of esters is 1. The van der Waals surface area contributed by atoms with Crippen molar-refractivity contribution >= 4 is 17.7 Å². The third-order valence-corrected chi connectivity index (χ3v) is 10.1. The average Bonchev–Trinajstić information content (AvgIpc) is 3.76. The van der Waals surface area contributed by atoms with Crippen LogP contribution in [0.1, 0.15) is 46.6 Å². The van der Waals surface area contributed by atoms with E-state index < -0.39 is 23.6 Å². The Bertz CT molecular complexity index is 1150. The number of carbonyl (C=O) groups is 3. The van der Waals surface area contributed by atoms with Gasteiger partial charge in [0.1, 0.15) is 23.4 Å². The maximum atomic E-state index is 14.4. The lowest BCUT2D eigenvalue weighted by Crippen LogP contribution is -2.62. The molecule has 6 rings (SSSR count). The van der Waals surface area contributed by atoms with Crippen LogP contribution in [0.25, 0.3) is 0 Å². The average molecular weight is 508 g/mol. The number of hydrogen-bond acceptors (Lipinski definition) is 6. The summed E-state index contributed by atoms with van der Waals surface area (Å²) in [6, 6.07) is 10.0. The molecule has 3 saturated heterocycles. The Morgan fingerprint density at radius 3 is 2.57 bits per heavy atom. The minimum Gasteiger partial charge on any atom is -0.458 e. The highest BCUT2D eigenvalue weighted by Crippen LogP contribution is 2.68. The van der Waals surface area contributed by atoms with E-state index in [9.17, 15) is 14.4 Å². The van der Waals surface area contributed by atoms with Gasteiger partial charge in [-0.25, -0.2) is 0 Å². The summed E-state index contributed by atoms with van der Waals surface area (Å²) in [6.07, 6.45) is 3.51. The van der Waals surface area contributed by atoms with E-state index in [0.29, 0.717) is 12.8 Å². The van der Waals surface area contributed by atoms with E-state index in [4.69, 9.17) is 14.2 Å². The molecule has 0 aromatic heterocycles. The Balaban J connectivity index is 1.51. The molecule has 1 amide bonds. The number of nitrogens with one attached hydrogen (secondary N) is 1. The van der Waals surface area contributed by atoms with Crippen LogP contribution in [0.3, 0.4) is 0 Å². The van der Waals surface area contributed by atoms with E-state index in [1.54, 1.807) is 0 Å². The van der Waals surface area contributed by atoms with Gasteiger partial charge in [0.2, 0.25) is 5.91 Å². The number of carbonyl (C=O) groups excluding carboxylic acids is 3. The van der Waals surface area contributed by atoms with Gasteiger partial charge in [-0.1, -0.05) is 63.3 Å². The maximum absolute atomic E-state index is 14.4. The molecule has 12 atom stereocenters. The monoisotopic (exact) mass is 507 g/mol. The van der Waals surface area contributed by atoms with Gasteiger partial charge in [0.25, 0.3) is 0 Å². The molecule has 7 heteroatoms. The molecule has 1 aromatic carbocycles. The fourth-order valence-electron chi connectivity index (χ4n) is 8.01. The first-order valence-corrected chi connectivity index (χ1v) is 13.7. The van der Waals surface area contributed by atoms with Gasteiger partial charge in [-0.3, -0.25) is 14.4 Å². The van der Waals surface area contributed by atoms with Crippen molar-refractivity contribution in [3.63, 3.8) is 0 Å². The van der Waals surface area contributed by atoms with Crippen molar-refractivity contribution < 1.29 is 28.6 Å². The van der Waals surface area contributed by atoms with Crippen LogP contribution < -0.4 is 5.32 Å². The quantitative estimate of drug-likeness (QED) is 0.383. The standard InChI is InChI=1S/C30H37NO6/c1-15-10-9-13-20-26-29(5,37-26)17(3)22-21(14-19-11-7-6-8-12-19)31-28(34)30(20,22)27(35-18(4)32)25-24(36-25)16(2)23(15)33/h6-9,11-13,15-17,20-22,24-27H,10,14H2,1-5H3,(H,31,34)/b13-9+/t15?,16-,17?,20+,21+,22+,24-,25-,26+,27-,29-,30+/m1/s1. The van der Waals surface area contributed by atoms with E-state index in [1.165, 1.54) is 6.92 Å². The first-order valence-electron chi connectivity index (χ1n) is 13.7. The summed E-state index contributed by atoms with van der Waals surface area (Å²) in [5, 5.41) is 3.35. The van der Waals surface area contributed by atoms with E-state index in [0.717, 1.165) is 5.56 Å². The normalized spacial score (nSPS) is 48.8. The zero-order valence-electron chi connectivity index (χ0n) is 22.2. The van der Waals surface area contributed by atoms with Gasteiger partial charge in [0.15, 0.2) is 0 Å². The van der Waals surface area contributed by atoms with Crippen molar-refractivity contribution in [2.75, 3.05) is 0 Å². The van der Waals surface area contributed by atoms with Crippen LogP contribution in [0.5, 0.6) is 0 Å². The Labute approximate surface area is 218 Å². The number of fused-ring (bicyclic) bond motifs is 3. The molecular weight excluding hydrogens is 470 g/mol. The Morgan fingerprint density at radius 1 is 1.14 bits per heavy atom. The SMILES string of the molecule is CC(=O)O[C@@H]1[C@@H]2O[C@@H]2[C@H](C)C(=O)C(C)C/C=C/[C@H]2[C@@H]3O[C@]3(C)C(C)[C@H]3[C@H](Cc4ccccc4)NC(=O)[C@@]123. The van der Waals surface area contributed by atoms with Crippen LogP contribution in [0.2, 0.25) is 0 Å². The lowest BCUT2D eigenvalue weighted by Gasteiger charge is -2.49. The molecule has 2 unspecified atom stereocenters. The molecule has 5 aliphatic rings. The van der Waals surface area contributed by atoms with Crippen molar-refractivity contribution in [3.05, 3.63) is 48.0 Å². The van der Waals surface area contributed by atoms with Crippen molar-refractivity contribution in [1.29, 1.82) is 0 Å². The number of Topliss-reactive ketones (excluding diaryl/α,β-unsaturated/α-hetero) is 1. The topological polar surface area (TPSA) is 97.5 Å². The molecule has 37 heavy (non-hydrogen) atoms. The largest absolute Gasteiger partial charge is 0.458 e. The van der Waals surface area contributed by atoms with Crippen molar-refractivity contribution in [2.45, 2.75) is 83.5 Å². The molecular formula is C30H37NO6. The van der Waals surface area contributed by atoms with Crippen LogP contribution >= 0.6 is 0 Å². The summed E-state index contributed by atoms with van der Waals surface area (Å²) in [7, 11) is 0. The van der Waals surface area contributed by atoms with Gasteiger partial charge >= 0.3 is 5.97 Å². The zero-order valence-corrected chi connectivity index (χ0v) is 22.2. The molecule has 1 saturated carbocycles. The van der Waals surface area contributed by atoms with E-state index in [1.807, 2.05) is 38.1 Å². The second-order valence-corrected chi connectivity index (χ2v) is 12.1. The number of hydrogen-bond donors (Lipinski definition) is 1. The van der Waals surface area contributed by atoms with Gasteiger partial charge in [0.05, 0.1) is 17.8 Å². The summed E-state index contributed by atoms with van der Waals surface area (Å²) in [5.74, 6) is -1.35. The maximum Gasteiger partial charge on any atom is 0.303 e. The Morgan fingerprint density at radius 2 is 1.86 bits per heavy atom. The number of amides is 1. The molecule has 3 heterocycles. The summed E-state index contributed by atoms with van der Waals surface area (Å²) in [5.41, 5.74) is -0.288. The third kappa shape index (κ3) is 3.57. The summed E-state index contributed by atoms with van der Waals surface area (Å²) in [6.45, 7) is 9.52. The van der Waals surface area contributed by atoms with Gasteiger partial charge in [-0.2, -0.15) is 0 Å². The number of ketones is 1. The van der Waals surface area contributed by atoms with Crippen LogP contribution in [0, 0.1) is 35.0 Å². The second kappa shape index (κ2) is 8.50. The number of ether oxygens (including phenoxy) is 3. The number of epoxide rings is 2. The fraction of sp³-hybridized carbons (Fsp3) is 0.633. The number of benzene rings is 1. The van der Waals surface area contributed by atoms with Crippen LogP contribution in [-0.2, 0) is 35.0 Å². The van der Waals surface area contributed by atoms with E-state index in [2.05, 4.69) is 37.4 Å². The summed E-state index contributed by atoms with van der Waals surface area (Å²) in [4.78, 5) is 40.1. The molecule has 1 spiro atoms. The van der Waals surface area contributed by atoms with Crippen molar-refractivity contribution in [1.82, 2.24) is 5.32 Å². The minimum atomic E-state index is -1.06. The van der Waals surface area contributed by atoms with Crippen LogP contribution in [0.4, 0.5) is 0 Å². The van der Waals surface area contributed by atoms with Gasteiger partial charge in [0, 0.05) is 36.6 Å². The number of rotatable bonds is 3. The molecule has 2 aliphatic carbocycles. The predicted octanol–water partition coefficient (Wildman–Crippen LogP) is 3.25. The van der Waals surface area contributed by atoms with Gasteiger partial charge in [-0.15, -0.1) is 0 Å². The Kier molecular flexibility index (Phi) is 5.70. The lowest BCUT2D eigenvalue weighted by molar-refractivity contribution is -0.171. The number of allylic oxidation sites excluding steroid dienone is 1. The first kappa shape index (κ1) is 24.8. The lowest BCUT2D eigenvalue weighted by atomic mass is 9.50. The van der Waals surface area contributed by atoms with E-state index in [-0.39, 0.29) is 65.1 Å². The molecule has 0 radical (unpaired) electrons. The molecule has 198 valence electrons. The molecule has 1 N–H and O–H groups in total. The van der Waals surface area contributed by atoms with E-state index >= 15 is 0 Å². The molecule has 3 aliphatic heterocycles. The smallest absolute Gasteiger partial charge is 0.303 e. The Hall–Kier alpha value is -2.51. The fourth-order valence-corrected chi connectivity index (χ4v) is 8.01. The highest BCUT2D eigenvalue weighted by atomic mass is 16.6. The summed E-state index contributed by atoms with van der Waals surface area (Å²) >= 11 is 0. The minimum absolute atomic E-state index is 0.0353. The predicted molar refractivity (Wildman–Crippen MR) is 135 cm³/mol. The first-order chi connectivity index (χ1) is 17.6. The third-order valence-electron chi connectivity index (χ3n) is 10.1. The van der Waals surface area contributed by atoms with Gasteiger partial charge < -0.3 is 19.5 Å². The van der Waals surface area contributed by atoms with Crippen molar-refractivity contribution in [3.8, 4) is 0 Å². The van der Waals surface area contributed by atoms with Gasteiger partial charge in [-0.05, 0) is 31.2 Å². The highest BCUT2D eigenvalue weighted by Gasteiger charge is 2.80. The molecule has 4 fully saturated rings. The molecule has 7 nitrogen and oxygen atoms in total.